The summed E-state index contributed by atoms with van der Waals surface area (Å²) in [4.78, 5) is 24.5. The molecule has 0 aromatic carbocycles. The van der Waals surface area contributed by atoms with Crippen molar-refractivity contribution in [2.45, 2.75) is 25.0 Å². The number of nitrogens with zero attached hydrogens (tertiary/aromatic N) is 4. The lowest BCUT2D eigenvalue weighted by molar-refractivity contribution is -0.127. The molecule has 88 valence electrons. The van der Waals surface area contributed by atoms with Gasteiger partial charge in [-0.05, 0) is 12.8 Å². The number of rotatable bonds is 1. The van der Waals surface area contributed by atoms with Crippen molar-refractivity contribution < 1.29 is 14.3 Å². The van der Waals surface area contributed by atoms with Gasteiger partial charge >= 0.3 is 0 Å². The first kappa shape index (κ1) is 9.29. The van der Waals surface area contributed by atoms with E-state index in [0.717, 1.165) is 17.9 Å². The number of fused-ring (bicyclic) bond motifs is 5. The summed E-state index contributed by atoms with van der Waals surface area (Å²) in [5.74, 6) is -0.980. The molecule has 1 aromatic rings. The van der Waals surface area contributed by atoms with E-state index in [0.29, 0.717) is 0 Å². The average molecular weight is 234 g/mol. The van der Waals surface area contributed by atoms with E-state index in [4.69, 9.17) is 4.74 Å². The third-order valence-corrected chi connectivity index (χ3v) is 3.90. The summed E-state index contributed by atoms with van der Waals surface area (Å²) in [6.07, 6.45) is 4.31. The summed E-state index contributed by atoms with van der Waals surface area (Å²) in [5.41, 5.74) is 0. The zero-order valence-corrected chi connectivity index (χ0v) is 8.89. The molecule has 0 radical (unpaired) electrons. The number of aromatic nitrogens is 3. The SMILES string of the molecule is O=C1[C@@H]2[C@H](C(=O)N1n1cnnc1)[C@@H]1CC[C@H]2O1. The molecule has 2 amide bonds. The number of ether oxygens (including phenoxy) is 1. The molecule has 4 rings (SSSR count). The Bertz CT molecular complexity index is 472. The van der Waals surface area contributed by atoms with Crippen molar-refractivity contribution in [3.63, 3.8) is 0 Å². The Morgan fingerprint density at radius 2 is 1.59 bits per heavy atom. The Balaban J connectivity index is 1.77. The third-order valence-electron chi connectivity index (χ3n) is 3.90. The van der Waals surface area contributed by atoms with Gasteiger partial charge in [0.25, 0.3) is 11.8 Å². The predicted molar refractivity (Wildman–Crippen MR) is 53.1 cm³/mol. The van der Waals surface area contributed by atoms with Gasteiger partial charge in [0.2, 0.25) is 0 Å². The van der Waals surface area contributed by atoms with Gasteiger partial charge in [0.05, 0.1) is 24.0 Å². The standard InChI is InChI=1S/C10H10N4O3/c15-9-7-5-1-2-6(17-5)8(7)10(16)14(9)13-3-11-12-4-13/h3-8H,1-2H2/t5-,6+,7+,8-. The van der Waals surface area contributed by atoms with Crippen molar-refractivity contribution in [2.75, 3.05) is 5.01 Å². The van der Waals surface area contributed by atoms with Gasteiger partial charge in [0, 0.05) is 0 Å². The van der Waals surface area contributed by atoms with Crippen molar-refractivity contribution in [1.29, 1.82) is 0 Å². The maximum atomic E-state index is 12.2. The van der Waals surface area contributed by atoms with Gasteiger partial charge in [-0.2, -0.15) is 5.01 Å². The summed E-state index contributed by atoms with van der Waals surface area (Å²) in [6.45, 7) is 0. The van der Waals surface area contributed by atoms with Crippen LogP contribution in [0.3, 0.4) is 0 Å². The molecule has 0 N–H and O–H groups in total. The maximum absolute atomic E-state index is 12.2. The van der Waals surface area contributed by atoms with Crippen molar-refractivity contribution in [3.05, 3.63) is 12.7 Å². The number of carbonyl (C=O) groups is 2. The summed E-state index contributed by atoms with van der Waals surface area (Å²) >= 11 is 0. The van der Waals surface area contributed by atoms with E-state index in [9.17, 15) is 9.59 Å². The number of hydrogen-bond donors (Lipinski definition) is 0. The fourth-order valence-electron chi connectivity index (χ4n) is 3.22. The molecule has 4 atom stereocenters. The summed E-state index contributed by atoms with van der Waals surface area (Å²) in [6, 6.07) is 0. The largest absolute Gasteiger partial charge is 0.373 e. The minimum atomic E-state index is -0.302. The van der Waals surface area contributed by atoms with Crippen LogP contribution in [-0.2, 0) is 14.3 Å². The fourth-order valence-corrected chi connectivity index (χ4v) is 3.22. The van der Waals surface area contributed by atoms with Crippen molar-refractivity contribution in [2.24, 2.45) is 11.8 Å². The molecule has 3 aliphatic heterocycles. The lowest BCUT2D eigenvalue weighted by atomic mass is 9.81. The second-order valence-corrected chi connectivity index (χ2v) is 4.67. The van der Waals surface area contributed by atoms with Gasteiger partial charge in [-0.15, -0.1) is 10.2 Å². The van der Waals surface area contributed by atoms with Crippen LogP contribution in [0.15, 0.2) is 12.7 Å². The van der Waals surface area contributed by atoms with Crippen LogP contribution in [0.25, 0.3) is 0 Å². The molecular formula is C10H10N4O3. The first-order valence-corrected chi connectivity index (χ1v) is 5.65. The average Bonchev–Trinajstić information content (AvgIpc) is 3.03. The van der Waals surface area contributed by atoms with E-state index in [1.165, 1.54) is 17.3 Å². The molecule has 0 saturated carbocycles. The Labute approximate surface area is 96.3 Å². The maximum Gasteiger partial charge on any atom is 0.255 e. The van der Waals surface area contributed by atoms with Gasteiger partial charge < -0.3 is 4.74 Å². The molecule has 2 bridgehead atoms. The molecular weight excluding hydrogens is 224 g/mol. The number of carbonyl (C=O) groups excluding carboxylic acids is 2. The molecule has 0 spiro atoms. The van der Waals surface area contributed by atoms with Crippen LogP contribution >= 0.6 is 0 Å². The van der Waals surface area contributed by atoms with Crippen LogP contribution in [0.2, 0.25) is 0 Å². The molecule has 17 heavy (non-hydrogen) atoms. The molecule has 0 unspecified atom stereocenters. The summed E-state index contributed by atoms with van der Waals surface area (Å²) in [5, 5.41) is 8.38. The fraction of sp³-hybridized carbons (Fsp3) is 0.600. The van der Waals surface area contributed by atoms with E-state index in [1.54, 1.807) is 0 Å². The highest BCUT2D eigenvalue weighted by atomic mass is 16.5. The molecule has 3 saturated heterocycles. The van der Waals surface area contributed by atoms with E-state index in [1.807, 2.05) is 0 Å². The van der Waals surface area contributed by atoms with Crippen molar-refractivity contribution in [3.8, 4) is 0 Å². The van der Waals surface area contributed by atoms with Gasteiger partial charge in [0.1, 0.15) is 12.7 Å². The molecule has 0 aliphatic carbocycles. The van der Waals surface area contributed by atoms with Gasteiger partial charge in [0.15, 0.2) is 0 Å². The van der Waals surface area contributed by atoms with Gasteiger partial charge in [-0.3, -0.25) is 9.59 Å². The summed E-state index contributed by atoms with van der Waals surface area (Å²) < 4.78 is 6.99. The zero-order valence-electron chi connectivity index (χ0n) is 8.89. The Kier molecular flexibility index (Phi) is 1.60. The first-order valence-electron chi connectivity index (χ1n) is 5.65. The molecule has 7 heteroatoms. The molecule has 1 aromatic heterocycles. The second-order valence-electron chi connectivity index (χ2n) is 4.67. The molecule has 4 heterocycles. The van der Waals surface area contributed by atoms with E-state index < -0.39 is 0 Å². The number of amides is 2. The quantitative estimate of drug-likeness (QED) is 0.587. The highest BCUT2D eigenvalue weighted by Crippen LogP contribution is 2.47. The minimum absolute atomic E-state index is 0.0806. The second kappa shape index (κ2) is 2.92. The van der Waals surface area contributed by atoms with E-state index in [-0.39, 0.29) is 35.9 Å². The van der Waals surface area contributed by atoms with Crippen molar-refractivity contribution in [1.82, 2.24) is 14.9 Å². The first-order chi connectivity index (χ1) is 8.27. The highest BCUT2D eigenvalue weighted by molar-refractivity contribution is 6.17. The van der Waals surface area contributed by atoms with Crippen LogP contribution < -0.4 is 5.01 Å². The zero-order chi connectivity index (χ0) is 11.6. The van der Waals surface area contributed by atoms with Crippen LogP contribution in [-0.4, -0.2) is 38.9 Å². The smallest absolute Gasteiger partial charge is 0.255 e. The van der Waals surface area contributed by atoms with Gasteiger partial charge in [-0.25, -0.2) is 4.68 Å². The van der Waals surface area contributed by atoms with E-state index in [2.05, 4.69) is 10.2 Å². The minimum Gasteiger partial charge on any atom is -0.373 e. The van der Waals surface area contributed by atoms with E-state index >= 15 is 0 Å². The molecule has 3 fully saturated rings. The van der Waals surface area contributed by atoms with Crippen LogP contribution in [0, 0.1) is 11.8 Å². The summed E-state index contributed by atoms with van der Waals surface area (Å²) in [7, 11) is 0. The van der Waals surface area contributed by atoms with Crippen LogP contribution in [0.1, 0.15) is 12.8 Å². The monoisotopic (exact) mass is 234 g/mol. The van der Waals surface area contributed by atoms with Gasteiger partial charge in [-0.1, -0.05) is 0 Å². The molecule has 7 nitrogen and oxygen atoms in total. The highest BCUT2D eigenvalue weighted by Gasteiger charge is 2.63. The number of imide groups is 1. The Morgan fingerprint density at radius 3 is 2.12 bits per heavy atom. The predicted octanol–water partition coefficient (Wildman–Crippen LogP) is -0.924. The van der Waals surface area contributed by atoms with Crippen LogP contribution in [0.4, 0.5) is 0 Å². The normalized spacial score (nSPS) is 39.2. The molecule has 3 aliphatic rings. The third kappa shape index (κ3) is 0.998. The lowest BCUT2D eigenvalue weighted by Crippen LogP contribution is -2.42. The van der Waals surface area contributed by atoms with Crippen molar-refractivity contribution >= 4 is 11.8 Å². The number of hydrogen-bond acceptors (Lipinski definition) is 5. The Hall–Kier alpha value is -1.76. The Morgan fingerprint density at radius 1 is 1.06 bits per heavy atom. The van der Waals surface area contributed by atoms with Crippen LogP contribution in [0.5, 0.6) is 0 Å². The topological polar surface area (TPSA) is 77.3 Å². The lowest BCUT2D eigenvalue weighted by Gasteiger charge is -2.16.